The van der Waals surface area contributed by atoms with Gasteiger partial charge in [0, 0.05) is 10.6 Å². The van der Waals surface area contributed by atoms with E-state index in [1.54, 1.807) is 24.3 Å². The average Bonchev–Trinajstić information content (AvgIpc) is 2.44. The number of hydrogen-bond donors (Lipinski definition) is 0. The van der Waals surface area contributed by atoms with E-state index < -0.39 is 0 Å². The Kier molecular flexibility index (Phi) is 2.32. The van der Waals surface area contributed by atoms with E-state index in [1.807, 2.05) is 0 Å². The van der Waals surface area contributed by atoms with Crippen molar-refractivity contribution in [1.29, 1.82) is 0 Å². The van der Waals surface area contributed by atoms with Crippen LogP contribution in [0.15, 0.2) is 36.4 Å². The number of carbonyl (C=O) groups is 2. The van der Waals surface area contributed by atoms with Crippen LogP contribution in [0.4, 0.5) is 5.69 Å². The number of hydrogen-bond acceptors (Lipinski definition) is 2. The van der Waals surface area contributed by atoms with Crippen molar-refractivity contribution in [3.05, 3.63) is 41.4 Å². The maximum atomic E-state index is 11.6. The summed E-state index contributed by atoms with van der Waals surface area (Å²) in [5.74, 6) is -0.574. The maximum absolute atomic E-state index is 11.6. The number of imide groups is 1. The first-order chi connectivity index (χ1) is 7.09. The molecule has 1 aromatic carbocycles. The van der Waals surface area contributed by atoms with Crippen LogP contribution in [-0.4, -0.2) is 11.8 Å². The summed E-state index contributed by atoms with van der Waals surface area (Å²) in [5.41, 5.74) is 0.864. The summed E-state index contributed by atoms with van der Waals surface area (Å²) in [6.07, 6.45) is 0.0987. The Bertz CT molecular complexity index is 450. The van der Waals surface area contributed by atoms with Crippen LogP contribution in [0, 0.1) is 0 Å². The fourth-order valence-electron chi connectivity index (χ4n) is 1.46. The molecule has 2 rings (SSSR count). The molecule has 1 aromatic rings. The molecule has 1 saturated heterocycles. The van der Waals surface area contributed by atoms with Crippen LogP contribution in [0.25, 0.3) is 0 Å². The molecule has 0 aromatic heterocycles. The Morgan fingerprint density at radius 1 is 1.20 bits per heavy atom. The molecular formula is C11H8ClNO2. The van der Waals surface area contributed by atoms with Crippen LogP contribution in [0.5, 0.6) is 0 Å². The largest absolute Gasteiger partial charge is 0.274 e. The summed E-state index contributed by atoms with van der Waals surface area (Å²) in [6, 6.07) is 6.55. The molecule has 0 saturated carbocycles. The second-order valence-electron chi connectivity index (χ2n) is 3.29. The second kappa shape index (κ2) is 3.51. The van der Waals surface area contributed by atoms with Crippen molar-refractivity contribution in [3.8, 4) is 0 Å². The van der Waals surface area contributed by atoms with Gasteiger partial charge in [0.25, 0.3) is 5.91 Å². The summed E-state index contributed by atoms with van der Waals surface area (Å²) >= 11 is 5.71. The van der Waals surface area contributed by atoms with Crippen molar-refractivity contribution in [2.75, 3.05) is 4.90 Å². The summed E-state index contributed by atoms with van der Waals surface area (Å²) in [5, 5.41) is 0.566. The third-order valence-corrected chi connectivity index (χ3v) is 2.46. The lowest BCUT2D eigenvalue weighted by Gasteiger charge is -2.12. The molecular weight excluding hydrogens is 214 g/mol. The molecule has 2 amide bonds. The molecule has 1 aliphatic heterocycles. The first-order valence-corrected chi connectivity index (χ1v) is 4.78. The van der Waals surface area contributed by atoms with E-state index in [4.69, 9.17) is 11.6 Å². The standard InChI is InChI=1S/C11H8ClNO2/c1-7-6-10(14)13(11(7)15)9-4-2-8(12)3-5-9/h2-5H,1,6H2. The predicted molar refractivity (Wildman–Crippen MR) is 57.7 cm³/mol. The normalized spacial score (nSPS) is 16.3. The van der Waals surface area contributed by atoms with Gasteiger partial charge >= 0.3 is 0 Å². The minimum atomic E-state index is -0.331. The lowest BCUT2D eigenvalue weighted by molar-refractivity contribution is -0.120. The highest BCUT2D eigenvalue weighted by Gasteiger charge is 2.33. The number of anilines is 1. The van der Waals surface area contributed by atoms with Crippen molar-refractivity contribution in [3.63, 3.8) is 0 Å². The minimum absolute atomic E-state index is 0.0987. The minimum Gasteiger partial charge on any atom is -0.274 e. The molecule has 1 fully saturated rings. The van der Waals surface area contributed by atoms with E-state index in [0.717, 1.165) is 4.90 Å². The highest BCUT2D eigenvalue weighted by Crippen LogP contribution is 2.25. The Morgan fingerprint density at radius 2 is 1.80 bits per heavy atom. The van der Waals surface area contributed by atoms with Crippen molar-refractivity contribution >= 4 is 29.1 Å². The predicted octanol–water partition coefficient (Wildman–Crippen LogP) is 2.16. The highest BCUT2D eigenvalue weighted by atomic mass is 35.5. The summed E-state index contributed by atoms with van der Waals surface area (Å²) < 4.78 is 0. The first kappa shape index (κ1) is 9.93. The zero-order chi connectivity index (χ0) is 11.0. The van der Waals surface area contributed by atoms with Crippen LogP contribution >= 0.6 is 11.6 Å². The summed E-state index contributed by atoms with van der Waals surface area (Å²) in [4.78, 5) is 24.2. The van der Waals surface area contributed by atoms with Crippen LogP contribution in [0.2, 0.25) is 5.02 Å². The van der Waals surface area contributed by atoms with E-state index in [1.165, 1.54) is 0 Å². The molecule has 0 radical (unpaired) electrons. The van der Waals surface area contributed by atoms with Gasteiger partial charge in [0.1, 0.15) is 0 Å². The Hall–Kier alpha value is -1.61. The van der Waals surface area contributed by atoms with Gasteiger partial charge in [-0.1, -0.05) is 18.2 Å². The van der Waals surface area contributed by atoms with Crippen LogP contribution in [0.1, 0.15) is 6.42 Å². The number of benzene rings is 1. The highest BCUT2D eigenvalue weighted by molar-refractivity contribution is 6.31. The lowest BCUT2D eigenvalue weighted by Crippen LogP contribution is -2.28. The first-order valence-electron chi connectivity index (χ1n) is 4.40. The van der Waals surface area contributed by atoms with Crippen LogP contribution in [-0.2, 0) is 9.59 Å². The second-order valence-corrected chi connectivity index (χ2v) is 3.73. The quantitative estimate of drug-likeness (QED) is 0.538. The molecule has 0 spiro atoms. The number of rotatable bonds is 1. The van der Waals surface area contributed by atoms with E-state index in [2.05, 4.69) is 6.58 Å². The topological polar surface area (TPSA) is 37.4 Å². The number of nitrogens with zero attached hydrogens (tertiary/aromatic N) is 1. The molecule has 76 valence electrons. The Balaban J connectivity index is 2.39. The van der Waals surface area contributed by atoms with Crippen molar-refractivity contribution < 1.29 is 9.59 Å². The van der Waals surface area contributed by atoms with E-state index in [-0.39, 0.29) is 18.2 Å². The van der Waals surface area contributed by atoms with Crippen molar-refractivity contribution in [2.24, 2.45) is 0 Å². The molecule has 0 unspecified atom stereocenters. The van der Waals surface area contributed by atoms with Gasteiger partial charge in [0.2, 0.25) is 5.91 Å². The number of amides is 2. The van der Waals surface area contributed by atoms with Gasteiger partial charge in [-0.2, -0.15) is 0 Å². The third-order valence-electron chi connectivity index (χ3n) is 2.20. The number of halogens is 1. The van der Waals surface area contributed by atoms with Gasteiger partial charge in [-0.05, 0) is 24.3 Å². The fraction of sp³-hybridized carbons (Fsp3) is 0.0909. The van der Waals surface area contributed by atoms with Crippen molar-refractivity contribution in [1.82, 2.24) is 0 Å². The van der Waals surface area contributed by atoms with Crippen LogP contribution < -0.4 is 4.90 Å². The average molecular weight is 222 g/mol. The van der Waals surface area contributed by atoms with Crippen LogP contribution in [0.3, 0.4) is 0 Å². The smallest absolute Gasteiger partial charge is 0.260 e. The monoisotopic (exact) mass is 221 g/mol. The molecule has 1 aliphatic rings. The Morgan fingerprint density at radius 3 is 2.27 bits per heavy atom. The van der Waals surface area contributed by atoms with E-state index in [0.29, 0.717) is 16.3 Å². The van der Waals surface area contributed by atoms with E-state index >= 15 is 0 Å². The Labute approximate surface area is 91.9 Å². The van der Waals surface area contributed by atoms with Gasteiger partial charge in [-0.3, -0.25) is 9.59 Å². The third kappa shape index (κ3) is 1.66. The molecule has 0 aliphatic carbocycles. The lowest BCUT2D eigenvalue weighted by atomic mass is 10.3. The molecule has 0 N–H and O–H groups in total. The SMILES string of the molecule is C=C1CC(=O)N(c2ccc(Cl)cc2)C1=O. The summed E-state index contributed by atoms with van der Waals surface area (Å²) in [7, 11) is 0. The van der Waals surface area contributed by atoms with Gasteiger partial charge in [0.15, 0.2) is 0 Å². The fourth-order valence-corrected chi connectivity index (χ4v) is 1.59. The zero-order valence-corrected chi connectivity index (χ0v) is 8.62. The molecule has 3 nitrogen and oxygen atoms in total. The van der Waals surface area contributed by atoms with Gasteiger partial charge in [-0.25, -0.2) is 4.90 Å². The molecule has 4 heteroatoms. The maximum Gasteiger partial charge on any atom is 0.260 e. The molecule has 0 bridgehead atoms. The van der Waals surface area contributed by atoms with Gasteiger partial charge in [0.05, 0.1) is 12.1 Å². The summed E-state index contributed by atoms with van der Waals surface area (Å²) in [6.45, 7) is 3.54. The zero-order valence-electron chi connectivity index (χ0n) is 7.87. The molecule has 1 heterocycles. The molecule has 0 atom stereocenters. The number of carbonyl (C=O) groups excluding carboxylic acids is 2. The van der Waals surface area contributed by atoms with Gasteiger partial charge in [-0.15, -0.1) is 0 Å². The van der Waals surface area contributed by atoms with E-state index in [9.17, 15) is 9.59 Å². The molecule has 15 heavy (non-hydrogen) atoms. The van der Waals surface area contributed by atoms with Crippen molar-refractivity contribution in [2.45, 2.75) is 6.42 Å². The van der Waals surface area contributed by atoms with Gasteiger partial charge < -0.3 is 0 Å².